The number of amides is 1. The van der Waals surface area contributed by atoms with Crippen LogP contribution in [0, 0.1) is 5.92 Å². The molecule has 0 radical (unpaired) electrons. The summed E-state index contributed by atoms with van der Waals surface area (Å²) < 4.78 is 0. The van der Waals surface area contributed by atoms with E-state index in [1.807, 2.05) is 60.7 Å². The fourth-order valence-electron chi connectivity index (χ4n) is 6.30. The van der Waals surface area contributed by atoms with E-state index in [0.29, 0.717) is 11.4 Å². The summed E-state index contributed by atoms with van der Waals surface area (Å²) in [6.45, 7) is 3.67. The first-order valence-electron chi connectivity index (χ1n) is 14.8. The normalized spacial score (nSPS) is 19.2. The highest BCUT2D eigenvalue weighted by molar-refractivity contribution is 6.30. The average Bonchev–Trinajstić information content (AvgIpc) is 3.03. The summed E-state index contributed by atoms with van der Waals surface area (Å²) in [5.74, 6) is -3.24. The van der Waals surface area contributed by atoms with E-state index >= 15 is 0 Å². The molecule has 0 aromatic heterocycles. The Morgan fingerprint density at radius 1 is 0.791 bits per heavy atom. The second-order valence-electron chi connectivity index (χ2n) is 11.1. The van der Waals surface area contributed by atoms with Gasteiger partial charge in [-0.1, -0.05) is 84.4 Å². The van der Waals surface area contributed by atoms with Gasteiger partial charge < -0.3 is 25.1 Å². The van der Waals surface area contributed by atoms with Crippen LogP contribution in [-0.4, -0.2) is 69.1 Å². The van der Waals surface area contributed by atoms with E-state index < -0.39 is 17.5 Å². The van der Waals surface area contributed by atoms with Gasteiger partial charge in [0.25, 0.3) is 0 Å². The van der Waals surface area contributed by atoms with Crippen LogP contribution in [0.25, 0.3) is 0 Å². The van der Waals surface area contributed by atoms with Crippen molar-refractivity contribution in [2.75, 3.05) is 26.2 Å². The van der Waals surface area contributed by atoms with Gasteiger partial charge in [0.05, 0.1) is 6.04 Å². The lowest BCUT2D eigenvalue weighted by molar-refractivity contribution is -0.159. The van der Waals surface area contributed by atoms with Crippen molar-refractivity contribution in [3.05, 3.63) is 107 Å². The number of likely N-dealkylation sites (tertiary alicyclic amines) is 2. The Balaban J connectivity index is 0.000000641. The number of aliphatic carboxylic acids is 2. The maximum absolute atomic E-state index is 12.8. The molecule has 3 aromatic carbocycles. The number of benzene rings is 3. The van der Waals surface area contributed by atoms with Gasteiger partial charge in [-0.05, 0) is 86.5 Å². The number of hydrogen-bond donors (Lipinski definition) is 3. The van der Waals surface area contributed by atoms with Gasteiger partial charge in [-0.3, -0.25) is 4.79 Å². The predicted octanol–water partition coefficient (Wildman–Crippen LogP) is 5.59. The number of nitrogens with zero attached hydrogens (tertiary/aromatic N) is 2. The van der Waals surface area contributed by atoms with Crippen molar-refractivity contribution in [3.63, 3.8) is 0 Å². The maximum Gasteiger partial charge on any atom is 0.414 e. The van der Waals surface area contributed by atoms with Gasteiger partial charge in [-0.15, -0.1) is 0 Å². The number of carboxylic acids is 2. The van der Waals surface area contributed by atoms with E-state index in [0.717, 1.165) is 69.4 Å². The van der Waals surface area contributed by atoms with Crippen LogP contribution in [0.3, 0.4) is 0 Å². The molecule has 9 heteroatoms. The third-order valence-corrected chi connectivity index (χ3v) is 8.73. The molecule has 0 aliphatic carbocycles. The van der Waals surface area contributed by atoms with Crippen LogP contribution in [0.1, 0.15) is 61.3 Å². The van der Waals surface area contributed by atoms with Crippen LogP contribution < -0.4 is 0 Å². The summed E-state index contributed by atoms with van der Waals surface area (Å²) in [7, 11) is 0. The van der Waals surface area contributed by atoms with Gasteiger partial charge in [0.2, 0.25) is 5.91 Å². The first kappa shape index (κ1) is 32.2. The van der Waals surface area contributed by atoms with Crippen LogP contribution >= 0.6 is 11.6 Å². The summed E-state index contributed by atoms with van der Waals surface area (Å²) in [6, 6.07) is 28.4. The minimum Gasteiger partial charge on any atom is -0.473 e. The minimum atomic E-state index is -1.82. The van der Waals surface area contributed by atoms with Gasteiger partial charge in [0.1, 0.15) is 5.60 Å². The number of rotatable bonds is 8. The number of hydrogen-bond acceptors (Lipinski definition) is 5. The molecule has 43 heavy (non-hydrogen) atoms. The van der Waals surface area contributed by atoms with Gasteiger partial charge in [0, 0.05) is 18.0 Å². The molecule has 2 unspecified atom stereocenters. The lowest BCUT2D eigenvalue weighted by Crippen LogP contribution is -2.45. The standard InChI is InChI=1S/C32H37ClN2O2.C2H2O4/c33-29-17-15-27(16-18-29)32(37,26-11-5-2-6-12-26)28-19-23-34(24-20-28)21-8-22-35-30(13-7-14-31(35)36)25-9-3-1-4-10-25;3-1(4)2(5)6/h1-6,9-12,15-18,28,30,37H,7-8,13-14,19-24H2;(H,3,4)(H,5,6). The molecule has 2 fully saturated rings. The van der Waals surface area contributed by atoms with E-state index in [4.69, 9.17) is 31.4 Å². The number of aliphatic hydroxyl groups is 1. The molecule has 2 aliphatic heterocycles. The Bertz CT molecular complexity index is 1330. The topological polar surface area (TPSA) is 118 Å². The lowest BCUT2D eigenvalue weighted by Gasteiger charge is -2.42. The van der Waals surface area contributed by atoms with Crippen molar-refractivity contribution in [2.45, 2.75) is 50.2 Å². The second-order valence-corrected chi connectivity index (χ2v) is 11.6. The SMILES string of the molecule is O=C(O)C(=O)O.O=C1CCCC(c2ccccc2)N1CCCN1CCC(C(O)(c2ccccc2)c2ccc(Cl)cc2)CC1. The number of carbonyl (C=O) groups is 3. The molecule has 3 aromatic rings. The molecular formula is C34H39ClN2O6. The third-order valence-electron chi connectivity index (χ3n) is 8.48. The highest BCUT2D eigenvalue weighted by atomic mass is 35.5. The first-order valence-corrected chi connectivity index (χ1v) is 15.1. The van der Waals surface area contributed by atoms with Crippen molar-refractivity contribution in [1.82, 2.24) is 9.80 Å². The summed E-state index contributed by atoms with van der Waals surface area (Å²) in [4.78, 5) is 35.6. The molecule has 2 atom stereocenters. The molecule has 8 nitrogen and oxygen atoms in total. The summed E-state index contributed by atoms with van der Waals surface area (Å²) >= 11 is 6.16. The number of piperidine rings is 2. The zero-order valence-electron chi connectivity index (χ0n) is 24.1. The van der Waals surface area contributed by atoms with E-state index in [-0.39, 0.29) is 17.9 Å². The van der Waals surface area contributed by atoms with Crippen LogP contribution in [0.4, 0.5) is 0 Å². The lowest BCUT2D eigenvalue weighted by atomic mass is 9.72. The fraction of sp³-hybridized carbons (Fsp3) is 0.382. The first-order chi connectivity index (χ1) is 20.7. The van der Waals surface area contributed by atoms with Crippen LogP contribution in [0.2, 0.25) is 5.02 Å². The monoisotopic (exact) mass is 606 g/mol. The van der Waals surface area contributed by atoms with E-state index in [1.165, 1.54) is 5.56 Å². The van der Waals surface area contributed by atoms with Crippen molar-refractivity contribution in [1.29, 1.82) is 0 Å². The number of carbonyl (C=O) groups excluding carboxylic acids is 1. The molecule has 1 amide bonds. The molecule has 228 valence electrons. The Labute approximate surface area is 257 Å². The molecule has 0 saturated carbocycles. The number of halogens is 1. The molecule has 2 aliphatic rings. The zero-order valence-corrected chi connectivity index (χ0v) is 24.9. The molecule has 3 N–H and O–H groups in total. The summed E-state index contributed by atoms with van der Waals surface area (Å²) in [5, 5.41) is 27.6. The Kier molecular flexibility index (Phi) is 11.3. The molecular weight excluding hydrogens is 568 g/mol. The zero-order chi connectivity index (χ0) is 30.8. The largest absolute Gasteiger partial charge is 0.473 e. The third kappa shape index (κ3) is 8.22. The molecule has 2 saturated heterocycles. The van der Waals surface area contributed by atoms with Crippen molar-refractivity contribution in [3.8, 4) is 0 Å². The predicted molar refractivity (Wildman–Crippen MR) is 165 cm³/mol. The van der Waals surface area contributed by atoms with E-state index in [1.54, 1.807) is 0 Å². The van der Waals surface area contributed by atoms with Crippen molar-refractivity contribution in [2.24, 2.45) is 5.92 Å². The minimum absolute atomic E-state index is 0.124. The maximum atomic E-state index is 12.8. The molecule has 0 spiro atoms. The average molecular weight is 607 g/mol. The van der Waals surface area contributed by atoms with Gasteiger partial charge >= 0.3 is 11.9 Å². The quantitative estimate of drug-likeness (QED) is 0.286. The van der Waals surface area contributed by atoms with Crippen LogP contribution in [0.5, 0.6) is 0 Å². The van der Waals surface area contributed by atoms with Gasteiger partial charge in [-0.2, -0.15) is 0 Å². The van der Waals surface area contributed by atoms with Crippen LogP contribution in [-0.2, 0) is 20.0 Å². The van der Waals surface area contributed by atoms with Gasteiger partial charge in [-0.25, -0.2) is 9.59 Å². The Morgan fingerprint density at radius 2 is 1.35 bits per heavy atom. The fourth-order valence-corrected chi connectivity index (χ4v) is 6.42. The number of carboxylic acid groups (broad SMARTS) is 2. The second kappa shape index (κ2) is 15.1. The van der Waals surface area contributed by atoms with E-state index in [9.17, 15) is 9.90 Å². The Morgan fingerprint density at radius 3 is 1.93 bits per heavy atom. The highest BCUT2D eigenvalue weighted by Gasteiger charge is 2.41. The highest BCUT2D eigenvalue weighted by Crippen LogP contribution is 2.42. The molecule has 0 bridgehead atoms. The Hall–Kier alpha value is -3.72. The van der Waals surface area contributed by atoms with Crippen molar-refractivity contribution < 1.29 is 29.7 Å². The molecule has 5 rings (SSSR count). The molecule has 2 heterocycles. The summed E-state index contributed by atoms with van der Waals surface area (Å²) in [5.41, 5.74) is 2.04. The van der Waals surface area contributed by atoms with Crippen LogP contribution in [0.15, 0.2) is 84.9 Å². The van der Waals surface area contributed by atoms with Gasteiger partial charge in [0.15, 0.2) is 0 Å². The smallest absolute Gasteiger partial charge is 0.414 e. The van der Waals surface area contributed by atoms with E-state index in [2.05, 4.69) is 34.1 Å². The van der Waals surface area contributed by atoms with Crippen molar-refractivity contribution >= 4 is 29.4 Å². The summed E-state index contributed by atoms with van der Waals surface area (Å²) in [6.07, 6.45) is 5.49.